The lowest BCUT2D eigenvalue weighted by atomic mass is 9.75. The summed E-state index contributed by atoms with van der Waals surface area (Å²) >= 11 is 0. The van der Waals surface area contributed by atoms with Crippen LogP contribution in [0, 0.1) is 11.8 Å². The molecule has 0 aromatic heterocycles. The first-order chi connectivity index (χ1) is 11.7. The van der Waals surface area contributed by atoms with Gasteiger partial charge in [0.05, 0.1) is 12.2 Å². The Hall–Kier alpha value is -1.09. The summed E-state index contributed by atoms with van der Waals surface area (Å²) in [5.41, 5.74) is 0. The average molecular weight is 335 g/mol. The van der Waals surface area contributed by atoms with Gasteiger partial charge in [0.1, 0.15) is 0 Å². The van der Waals surface area contributed by atoms with Crippen molar-refractivity contribution in [1.82, 2.24) is 0 Å². The Morgan fingerprint density at radius 1 is 1.00 bits per heavy atom. The standard InChI is InChI=1S/C21H34O3/c1-2-3-4-5-6-9-12-17-18(20-16-15-19(17)24-20)13-10-7-8-11-14-21(22)23/h3-4,7,10,17-20H,2,5-6,8-9,11-16H2,1H3,(H,22,23)/t17-,18+,19-,20+/m1/s1. The molecule has 3 heteroatoms. The van der Waals surface area contributed by atoms with Crippen LogP contribution in [0.1, 0.15) is 77.6 Å². The van der Waals surface area contributed by atoms with E-state index in [0.717, 1.165) is 31.6 Å². The molecule has 1 N–H and O–H groups in total. The number of carboxylic acid groups (broad SMARTS) is 1. The lowest BCUT2D eigenvalue weighted by Crippen LogP contribution is -2.26. The highest BCUT2D eigenvalue weighted by Crippen LogP contribution is 2.47. The van der Waals surface area contributed by atoms with Crippen LogP contribution in [-0.4, -0.2) is 23.3 Å². The fraction of sp³-hybridized carbons (Fsp3) is 0.762. The van der Waals surface area contributed by atoms with E-state index in [0.29, 0.717) is 18.1 Å². The molecular formula is C21H34O3. The Kier molecular flexibility index (Phi) is 8.58. The third-order valence-electron chi connectivity index (χ3n) is 5.49. The van der Waals surface area contributed by atoms with Crippen molar-refractivity contribution >= 4 is 5.97 Å². The van der Waals surface area contributed by atoms with Gasteiger partial charge in [0, 0.05) is 6.42 Å². The van der Waals surface area contributed by atoms with Gasteiger partial charge >= 0.3 is 5.97 Å². The first-order valence-corrected chi connectivity index (χ1v) is 9.89. The smallest absolute Gasteiger partial charge is 0.303 e. The number of unbranched alkanes of at least 4 members (excludes halogenated alkanes) is 3. The predicted octanol–water partition coefficient (Wildman–Crippen LogP) is 5.51. The second-order valence-corrected chi connectivity index (χ2v) is 7.28. The quantitative estimate of drug-likeness (QED) is 0.378. The van der Waals surface area contributed by atoms with E-state index in [1.54, 1.807) is 0 Å². The number of aliphatic carboxylic acids is 1. The number of carboxylic acids is 1. The number of rotatable bonds is 12. The van der Waals surface area contributed by atoms with Crippen molar-refractivity contribution in [2.45, 2.75) is 89.8 Å². The molecule has 2 bridgehead atoms. The number of hydrogen-bond acceptors (Lipinski definition) is 2. The molecule has 4 atom stereocenters. The predicted molar refractivity (Wildman–Crippen MR) is 98.0 cm³/mol. The summed E-state index contributed by atoms with van der Waals surface area (Å²) in [6, 6.07) is 0. The Morgan fingerprint density at radius 2 is 1.71 bits per heavy atom. The summed E-state index contributed by atoms with van der Waals surface area (Å²) in [5.74, 6) is 0.729. The zero-order chi connectivity index (χ0) is 17.2. The zero-order valence-corrected chi connectivity index (χ0v) is 15.2. The third-order valence-corrected chi connectivity index (χ3v) is 5.49. The molecule has 0 amide bonds. The van der Waals surface area contributed by atoms with E-state index in [1.807, 2.05) is 0 Å². The molecule has 2 heterocycles. The van der Waals surface area contributed by atoms with E-state index >= 15 is 0 Å². The Morgan fingerprint density at radius 3 is 2.46 bits per heavy atom. The molecule has 0 aromatic rings. The highest BCUT2D eigenvalue weighted by atomic mass is 16.5. The van der Waals surface area contributed by atoms with Crippen molar-refractivity contribution in [2.24, 2.45) is 11.8 Å². The van der Waals surface area contributed by atoms with Gasteiger partial charge in [0.2, 0.25) is 0 Å². The summed E-state index contributed by atoms with van der Waals surface area (Å²) in [7, 11) is 0. The van der Waals surface area contributed by atoms with Gasteiger partial charge in [0.15, 0.2) is 0 Å². The molecule has 2 aliphatic rings. The van der Waals surface area contributed by atoms with Crippen molar-refractivity contribution in [1.29, 1.82) is 0 Å². The maximum absolute atomic E-state index is 10.5. The fourth-order valence-electron chi connectivity index (χ4n) is 4.27. The summed E-state index contributed by atoms with van der Waals surface area (Å²) in [6.07, 6.45) is 21.7. The van der Waals surface area contributed by atoms with E-state index in [-0.39, 0.29) is 6.42 Å². The first kappa shape index (κ1) is 19.2. The summed E-state index contributed by atoms with van der Waals surface area (Å²) in [6.45, 7) is 2.18. The molecule has 0 spiro atoms. The minimum Gasteiger partial charge on any atom is -0.481 e. The normalized spacial score (nSPS) is 29.2. The van der Waals surface area contributed by atoms with Crippen LogP contribution in [0.2, 0.25) is 0 Å². The SMILES string of the molecule is CCC=CCCCC[C@@H]1[C@H](CC=CCCCC(=O)O)[C@@H]2CC[C@H]1O2. The lowest BCUT2D eigenvalue weighted by Gasteiger charge is -2.27. The van der Waals surface area contributed by atoms with Gasteiger partial charge in [-0.3, -0.25) is 4.79 Å². The molecule has 2 saturated heterocycles. The number of fused-ring (bicyclic) bond motifs is 2. The van der Waals surface area contributed by atoms with Gasteiger partial charge in [0.25, 0.3) is 0 Å². The molecule has 0 aromatic carbocycles. The van der Waals surface area contributed by atoms with Gasteiger partial charge < -0.3 is 9.84 Å². The summed E-state index contributed by atoms with van der Waals surface area (Å²) in [5, 5.41) is 8.65. The molecule has 3 nitrogen and oxygen atoms in total. The Labute approximate surface area is 147 Å². The molecule has 0 unspecified atom stereocenters. The number of carbonyl (C=O) groups is 1. The Balaban J connectivity index is 1.68. The van der Waals surface area contributed by atoms with Crippen molar-refractivity contribution in [2.75, 3.05) is 0 Å². The maximum atomic E-state index is 10.5. The van der Waals surface area contributed by atoms with E-state index < -0.39 is 5.97 Å². The molecule has 2 fully saturated rings. The van der Waals surface area contributed by atoms with Crippen LogP contribution in [0.3, 0.4) is 0 Å². The summed E-state index contributed by atoms with van der Waals surface area (Å²) in [4.78, 5) is 10.5. The van der Waals surface area contributed by atoms with Gasteiger partial charge in [-0.2, -0.15) is 0 Å². The van der Waals surface area contributed by atoms with Crippen LogP contribution in [0.4, 0.5) is 0 Å². The van der Waals surface area contributed by atoms with Gasteiger partial charge in [-0.1, -0.05) is 37.6 Å². The molecule has 0 saturated carbocycles. The highest BCUT2D eigenvalue weighted by Gasteiger charge is 2.47. The molecule has 136 valence electrons. The zero-order valence-electron chi connectivity index (χ0n) is 15.2. The van der Waals surface area contributed by atoms with Crippen LogP contribution < -0.4 is 0 Å². The molecule has 2 rings (SSSR count). The van der Waals surface area contributed by atoms with Crippen LogP contribution in [0.25, 0.3) is 0 Å². The fourth-order valence-corrected chi connectivity index (χ4v) is 4.27. The van der Waals surface area contributed by atoms with Crippen LogP contribution in [0.5, 0.6) is 0 Å². The Bertz CT molecular complexity index is 427. The molecule has 2 aliphatic heterocycles. The monoisotopic (exact) mass is 334 g/mol. The maximum Gasteiger partial charge on any atom is 0.303 e. The second kappa shape index (κ2) is 10.7. The molecular weight excluding hydrogens is 300 g/mol. The van der Waals surface area contributed by atoms with Gasteiger partial charge in [-0.15, -0.1) is 0 Å². The highest BCUT2D eigenvalue weighted by molar-refractivity contribution is 5.66. The first-order valence-electron chi connectivity index (χ1n) is 9.89. The average Bonchev–Trinajstić information content (AvgIpc) is 3.15. The minimum atomic E-state index is -0.696. The topological polar surface area (TPSA) is 46.5 Å². The van der Waals surface area contributed by atoms with E-state index in [1.165, 1.54) is 38.5 Å². The van der Waals surface area contributed by atoms with Crippen molar-refractivity contribution in [3.8, 4) is 0 Å². The molecule has 0 aliphatic carbocycles. The summed E-state index contributed by atoms with van der Waals surface area (Å²) < 4.78 is 6.18. The minimum absolute atomic E-state index is 0.274. The van der Waals surface area contributed by atoms with Crippen LogP contribution >= 0.6 is 0 Å². The van der Waals surface area contributed by atoms with Crippen molar-refractivity contribution in [3.05, 3.63) is 24.3 Å². The number of allylic oxidation sites excluding steroid dienone is 4. The molecule has 24 heavy (non-hydrogen) atoms. The number of ether oxygens (including phenoxy) is 1. The van der Waals surface area contributed by atoms with E-state index in [4.69, 9.17) is 9.84 Å². The largest absolute Gasteiger partial charge is 0.481 e. The van der Waals surface area contributed by atoms with Crippen LogP contribution in [-0.2, 0) is 9.53 Å². The van der Waals surface area contributed by atoms with Crippen molar-refractivity contribution < 1.29 is 14.6 Å². The van der Waals surface area contributed by atoms with Crippen molar-refractivity contribution in [3.63, 3.8) is 0 Å². The molecule has 0 radical (unpaired) electrons. The third kappa shape index (κ3) is 6.08. The van der Waals surface area contributed by atoms with E-state index in [2.05, 4.69) is 31.2 Å². The number of hydrogen-bond donors (Lipinski definition) is 1. The van der Waals surface area contributed by atoms with Crippen LogP contribution in [0.15, 0.2) is 24.3 Å². The lowest BCUT2D eigenvalue weighted by molar-refractivity contribution is -0.137. The van der Waals surface area contributed by atoms with Gasteiger partial charge in [-0.25, -0.2) is 0 Å². The van der Waals surface area contributed by atoms with E-state index in [9.17, 15) is 4.79 Å². The van der Waals surface area contributed by atoms with Gasteiger partial charge in [-0.05, 0) is 69.6 Å². The second-order valence-electron chi connectivity index (χ2n) is 7.28.